The summed E-state index contributed by atoms with van der Waals surface area (Å²) in [6.07, 6.45) is -0.0344. The minimum absolute atomic E-state index is 0.0344. The van der Waals surface area contributed by atoms with Gasteiger partial charge in [-0.15, -0.1) is 0 Å². The van der Waals surface area contributed by atoms with Crippen LogP contribution in [-0.2, 0) is 19.4 Å². The molecule has 1 aromatic rings. The van der Waals surface area contributed by atoms with Crippen LogP contribution in [0.4, 0.5) is 0 Å². The molecule has 2 atom stereocenters. The Morgan fingerprint density at radius 3 is 2.60 bits per heavy atom. The summed E-state index contributed by atoms with van der Waals surface area (Å²) in [7, 11) is -3.75. The Morgan fingerprint density at radius 2 is 2.10 bits per heavy atom. The summed E-state index contributed by atoms with van der Waals surface area (Å²) in [4.78, 5) is 11.8. The molecule has 1 aliphatic rings. The summed E-state index contributed by atoms with van der Waals surface area (Å²) < 4.78 is 29.6. The molecule has 1 saturated carbocycles. The molecule has 0 spiro atoms. The van der Waals surface area contributed by atoms with Crippen molar-refractivity contribution in [3.8, 4) is 6.07 Å². The molecule has 0 radical (unpaired) electrons. The van der Waals surface area contributed by atoms with E-state index in [0.29, 0.717) is 5.02 Å². The highest BCUT2D eigenvalue weighted by Gasteiger charge is 2.68. The lowest BCUT2D eigenvalue weighted by molar-refractivity contribution is -0.147. The summed E-state index contributed by atoms with van der Waals surface area (Å²) in [5.74, 6) is -0.773. The number of benzene rings is 1. The van der Waals surface area contributed by atoms with Crippen LogP contribution in [0.3, 0.4) is 0 Å². The molecule has 5 nitrogen and oxygen atoms in total. The number of hydrogen-bond acceptors (Lipinski definition) is 5. The monoisotopic (exact) mass is 313 g/mol. The third kappa shape index (κ3) is 2.28. The van der Waals surface area contributed by atoms with Gasteiger partial charge in [-0.1, -0.05) is 11.6 Å². The highest BCUT2D eigenvalue weighted by molar-refractivity contribution is 7.92. The second kappa shape index (κ2) is 5.08. The standard InChI is InChI=1S/C13H12ClNO4S/c1-2-19-12(16)13(8-15)7-11(13)20(17,18)10-5-3-9(14)4-6-10/h3-6,11H,2,7H2,1H3/t11-,13+/m1/s1. The SMILES string of the molecule is CCOC(=O)[C@]1(C#N)C[C@H]1S(=O)(=O)c1ccc(Cl)cc1. The van der Waals surface area contributed by atoms with Gasteiger partial charge < -0.3 is 4.74 Å². The lowest BCUT2D eigenvalue weighted by Gasteiger charge is -2.08. The molecule has 1 aliphatic carbocycles. The number of sulfone groups is 1. The van der Waals surface area contributed by atoms with Crippen LogP contribution in [0.5, 0.6) is 0 Å². The zero-order chi connectivity index (χ0) is 15.0. The predicted octanol–water partition coefficient (Wildman–Crippen LogP) is 1.96. The fourth-order valence-corrected chi connectivity index (χ4v) is 4.17. The molecule has 0 unspecified atom stereocenters. The normalized spacial score (nSPS) is 24.8. The van der Waals surface area contributed by atoms with Crippen molar-refractivity contribution >= 4 is 27.4 Å². The number of ether oxygens (including phenoxy) is 1. The van der Waals surface area contributed by atoms with Crippen molar-refractivity contribution in [3.05, 3.63) is 29.3 Å². The summed E-state index contributed by atoms with van der Waals surface area (Å²) in [5, 5.41) is 8.50. The predicted molar refractivity (Wildman–Crippen MR) is 71.7 cm³/mol. The lowest BCUT2D eigenvalue weighted by atomic mass is 10.1. The van der Waals surface area contributed by atoms with Crippen molar-refractivity contribution in [1.29, 1.82) is 5.26 Å². The minimum Gasteiger partial charge on any atom is -0.465 e. The maximum absolute atomic E-state index is 12.4. The van der Waals surface area contributed by atoms with E-state index in [-0.39, 0.29) is 17.9 Å². The molecular formula is C13H12ClNO4S. The van der Waals surface area contributed by atoms with E-state index in [1.165, 1.54) is 24.3 Å². The van der Waals surface area contributed by atoms with Gasteiger partial charge in [0.15, 0.2) is 15.3 Å². The van der Waals surface area contributed by atoms with Gasteiger partial charge in [-0.05, 0) is 37.6 Å². The van der Waals surface area contributed by atoms with Crippen molar-refractivity contribution in [3.63, 3.8) is 0 Å². The Morgan fingerprint density at radius 1 is 1.50 bits per heavy atom. The van der Waals surface area contributed by atoms with E-state index in [1.807, 2.05) is 0 Å². The van der Waals surface area contributed by atoms with Crippen LogP contribution in [0.1, 0.15) is 13.3 Å². The number of hydrogen-bond donors (Lipinski definition) is 0. The Hall–Kier alpha value is -1.58. The zero-order valence-electron chi connectivity index (χ0n) is 10.7. The first kappa shape index (κ1) is 14.8. The van der Waals surface area contributed by atoms with Gasteiger partial charge in [0.25, 0.3) is 0 Å². The molecule has 20 heavy (non-hydrogen) atoms. The second-order valence-corrected chi connectivity index (χ2v) is 7.06. The highest BCUT2D eigenvalue weighted by atomic mass is 35.5. The van der Waals surface area contributed by atoms with Gasteiger partial charge in [0.2, 0.25) is 0 Å². The van der Waals surface area contributed by atoms with Crippen LogP contribution >= 0.6 is 11.6 Å². The van der Waals surface area contributed by atoms with Crippen molar-refractivity contribution in [2.75, 3.05) is 6.61 Å². The van der Waals surface area contributed by atoms with Gasteiger partial charge in [-0.3, -0.25) is 4.79 Å². The summed E-state index contributed by atoms with van der Waals surface area (Å²) >= 11 is 5.71. The molecule has 0 aliphatic heterocycles. The van der Waals surface area contributed by atoms with Gasteiger partial charge in [-0.25, -0.2) is 8.42 Å². The number of rotatable bonds is 4. The Bertz CT molecular complexity index is 677. The van der Waals surface area contributed by atoms with Gasteiger partial charge in [0.05, 0.1) is 22.8 Å². The van der Waals surface area contributed by atoms with E-state index >= 15 is 0 Å². The average Bonchev–Trinajstić information content (AvgIpc) is 3.16. The van der Waals surface area contributed by atoms with Crippen molar-refractivity contribution in [1.82, 2.24) is 0 Å². The van der Waals surface area contributed by atoms with E-state index < -0.39 is 26.5 Å². The molecule has 1 aromatic carbocycles. The number of nitrogens with zero attached hydrogens (tertiary/aromatic N) is 1. The largest absolute Gasteiger partial charge is 0.465 e. The van der Waals surface area contributed by atoms with Gasteiger partial charge in [-0.2, -0.15) is 5.26 Å². The van der Waals surface area contributed by atoms with E-state index in [4.69, 9.17) is 21.6 Å². The molecule has 0 bridgehead atoms. The van der Waals surface area contributed by atoms with Crippen molar-refractivity contribution in [2.45, 2.75) is 23.5 Å². The van der Waals surface area contributed by atoms with E-state index in [9.17, 15) is 13.2 Å². The van der Waals surface area contributed by atoms with Crippen LogP contribution < -0.4 is 0 Å². The lowest BCUT2D eigenvalue weighted by Crippen LogP contribution is -2.25. The molecule has 0 N–H and O–H groups in total. The topological polar surface area (TPSA) is 84.2 Å². The number of halogens is 1. The van der Waals surface area contributed by atoms with Crippen LogP contribution in [-0.4, -0.2) is 26.2 Å². The number of carbonyl (C=O) groups excluding carboxylic acids is 1. The molecule has 0 heterocycles. The molecule has 0 amide bonds. The first-order valence-electron chi connectivity index (χ1n) is 5.96. The fourth-order valence-electron chi connectivity index (χ4n) is 2.03. The fraction of sp³-hybridized carbons (Fsp3) is 0.385. The smallest absolute Gasteiger partial charge is 0.327 e. The second-order valence-electron chi connectivity index (χ2n) is 4.50. The molecule has 1 fully saturated rings. The quantitative estimate of drug-likeness (QED) is 0.793. The van der Waals surface area contributed by atoms with Gasteiger partial charge in [0, 0.05) is 5.02 Å². The third-order valence-electron chi connectivity index (χ3n) is 3.25. The zero-order valence-corrected chi connectivity index (χ0v) is 12.2. The highest BCUT2D eigenvalue weighted by Crippen LogP contribution is 2.53. The van der Waals surface area contributed by atoms with E-state index in [1.54, 1.807) is 13.0 Å². The summed E-state index contributed by atoms with van der Waals surface area (Å²) in [6.45, 7) is 1.71. The molecule has 2 rings (SSSR count). The minimum atomic E-state index is -3.75. The summed E-state index contributed by atoms with van der Waals surface area (Å²) in [6, 6.07) is 7.43. The third-order valence-corrected chi connectivity index (χ3v) is 5.75. The van der Waals surface area contributed by atoms with E-state index in [0.717, 1.165) is 0 Å². The Labute approximate surface area is 122 Å². The summed E-state index contributed by atoms with van der Waals surface area (Å²) in [5.41, 5.74) is -1.57. The first-order valence-corrected chi connectivity index (χ1v) is 7.89. The molecular weight excluding hydrogens is 302 g/mol. The van der Waals surface area contributed by atoms with Crippen molar-refractivity contribution < 1.29 is 17.9 Å². The van der Waals surface area contributed by atoms with E-state index in [2.05, 4.69) is 0 Å². The maximum Gasteiger partial charge on any atom is 0.327 e. The number of nitriles is 1. The molecule has 106 valence electrons. The van der Waals surface area contributed by atoms with Crippen LogP contribution in [0, 0.1) is 16.7 Å². The van der Waals surface area contributed by atoms with Crippen LogP contribution in [0.2, 0.25) is 5.02 Å². The molecule has 0 aromatic heterocycles. The van der Waals surface area contributed by atoms with Crippen LogP contribution in [0.15, 0.2) is 29.2 Å². The number of carbonyl (C=O) groups is 1. The first-order chi connectivity index (χ1) is 9.38. The van der Waals surface area contributed by atoms with Crippen LogP contribution in [0.25, 0.3) is 0 Å². The van der Waals surface area contributed by atoms with Crippen molar-refractivity contribution in [2.24, 2.45) is 5.41 Å². The Kier molecular flexibility index (Phi) is 3.76. The molecule has 0 saturated heterocycles. The number of esters is 1. The Balaban J connectivity index is 2.32. The van der Waals surface area contributed by atoms with Gasteiger partial charge in [0.1, 0.15) is 0 Å². The molecule has 7 heteroatoms. The average molecular weight is 314 g/mol. The maximum atomic E-state index is 12.4. The van der Waals surface area contributed by atoms with Gasteiger partial charge >= 0.3 is 5.97 Å².